The molecule has 0 fully saturated rings. The monoisotopic (exact) mass is 270 g/mol. The Labute approximate surface area is 108 Å². The van der Waals surface area contributed by atoms with Crippen molar-refractivity contribution in [2.75, 3.05) is 6.54 Å². The van der Waals surface area contributed by atoms with Gasteiger partial charge in [-0.3, -0.25) is 0 Å². The Hall–Kier alpha value is -2.34. The lowest BCUT2D eigenvalue weighted by molar-refractivity contribution is 0.108. The van der Waals surface area contributed by atoms with Crippen LogP contribution in [-0.2, 0) is 11.3 Å². The van der Waals surface area contributed by atoms with E-state index in [-0.39, 0.29) is 6.61 Å². The van der Waals surface area contributed by atoms with Crippen LogP contribution in [0.5, 0.6) is 0 Å². The SMILES string of the molecule is [N-]=[N+]=NC(CNC(=O)OCc1ccccc1)C(F)F. The normalized spacial score (nSPS) is 11.5. The zero-order valence-corrected chi connectivity index (χ0v) is 9.87. The molecule has 0 saturated heterocycles. The number of halogens is 2. The minimum absolute atomic E-state index is 0.0353. The van der Waals surface area contributed by atoms with Gasteiger partial charge in [0.1, 0.15) is 12.6 Å². The van der Waals surface area contributed by atoms with Gasteiger partial charge in [0.25, 0.3) is 0 Å². The number of benzene rings is 1. The Balaban J connectivity index is 2.33. The molecule has 0 spiro atoms. The summed E-state index contributed by atoms with van der Waals surface area (Å²) in [6.07, 6.45) is -3.69. The van der Waals surface area contributed by atoms with Crippen molar-refractivity contribution in [2.24, 2.45) is 5.11 Å². The summed E-state index contributed by atoms with van der Waals surface area (Å²) in [5, 5.41) is 4.99. The average molecular weight is 270 g/mol. The number of amides is 1. The molecule has 0 radical (unpaired) electrons. The molecule has 0 aliphatic carbocycles. The molecule has 8 heteroatoms. The second kappa shape index (κ2) is 7.88. The van der Waals surface area contributed by atoms with Crippen LogP contribution in [0.15, 0.2) is 35.4 Å². The summed E-state index contributed by atoms with van der Waals surface area (Å²) >= 11 is 0. The van der Waals surface area contributed by atoms with Crippen molar-refractivity contribution in [1.29, 1.82) is 0 Å². The number of ether oxygens (including phenoxy) is 1. The molecule has 0 bridgehead atoms. The first-order valence-electron chi connectivity index (χ1n) is 5.40. The van der Waals surface area contributed by atoms with Crippen LogP contribution in [0.4, 0.5) is 13.6 Å². The number of alkyl halides is 2. The summed E-state index contributed by atoms with van der Waals surface area (Å²) in [6.45, 7) is -0.442. The number of azide groups is 1. The van der Waals surface area contributed by atoms with Crippen molar-refractivity contribution in [1.82, 2.24) is 5.32 Å². The van der Waals surface area contributed by atoms with Gasteiger partial charge in [-0.2, -0.15) is 0 Å². The molecule has 1 aromatic carbocycles. The highest BCUT2D eigenvalue weighted by molar-refractivity contribution is 5.67. The molecular formula is C11H12F2N4O2. The molecule has 102 valence electrons. The Morgan fingerprint density at radius 3 is 2.68 bits per heavy atom. The molecule has 0 aromatic heterocycles. The second-order valence-corrected chi connectivity index (χ2v) is 3.55. The Kier molecular flexibility index (Phi) is 6.11. The van der Waals surface area contributed by atoms with E-state index in [4.69, 9.17) is 10.3 Å². The third-order valence-electron chi connectivity index (χ3n) is 2.16. The minimum atomic E-state index is -2.84. The number of hydrogen-bond acceptors (Lipinski definition) is 3. The molecule has 0 saturated carbocycles. The summed E-state index contributed by atoms with van der Waals surface area (Å²) in [5.74, 6) is 0. The van der Waals surface area contributed by atoms with Gasteiger partial charge in [-0.15, -0.1) is 0 Å². The van der Waals surface area contributed by atoms with Crippen LogP contribution in [-0.4, -0.2) is 25.1 Å². The highest BCUT2D eigenvalue weighted by Crippen LogP contribution is 2.05. The van der Waals surface area contributed by atoms with Gasteiger partial charge < -0.3 is 10.1 Å². The molecule has 19 heavy (non-hydrogen) atoms. The average Bonchev–Trinajstić information content (AvgIpc) is 2.42. The zero-order valence-electron chi connectivity index (χ0n) is 9.87. The third-order valence-corrected chi connectivity index (χ3v) is 2.16. The highest BCUT2D eigenvalue weighted by atomic mass is 19.3. The molecule has 1 rings (SSSR count). The highest BCUT2D eigenvalue weighted by Gasteiger charge is 2.19. The van der Waals surface area contributed by atoms with Gasteiger partial charge in [0.05, 0.1) is 0 Å². The maximum atomic E-state index is 12.3. The van der Waals surface area contributed by atoms with Crippen LogP contribution in [0.2, 0.25) is 0 Å². The summed E-state index contributed by atoms with van der Waals surface area (Å²) < 4.78 is 29.5. The fourth-order valence-corrected chi connectivity index (χ4v) is 1.21. The van der Waals surface area contributed by atoms with E-state index in [1.807, 2.05) is 6.07 Å². The van der Waals surface area contributed by atoms with E-state index in [1.165, 1.54) is 0 Å². The molecule has 1 atom stereocenters. The van der Waals surface area contributed by atoms with E-state index in [0.717, 1.165) is 5.56 Å². The minimum Gasteiger partial charge on any atom is -0.445 e. The quantitative estimate of drug-likeness (QED) is 0.489. The summed E-state index contributed by atoms with van der Waals surface area (Å²) in [6, 6.07) is 7.30. The molecule has 1 N–H and O–H groups in total. The maximum absolute atomic E-state index is 12.3. The Morgan fingerprint density at radius 2 is 2.11 bits per heavy atom. The fraction of sp³-hybridized carbons (Fsp3) is 0.364. The van der Waals surface area contributed by atoms with Gasteiger partial charge in [0.2, 0.25) is 6.43 Å². The summed E-state index contributed by atoms with van der Waals surface area (Å²) in [4.78, 5) is 13.5. The van der Waals surface area contributed by atoms with Gasteiger partial charge in [-0.05, 0) is 11.1 Å². The van der Waals surface area contributed by atoms with Gasteiger partial charge in [-0.25, -0.2) is 13.6 Å². The van der Waals surface area contributed by atoms with Crippen LogP contribution >= 0.6 is 0 Å². The number of rotatable bonds is 6. The topological polar surface area (TPSA) is 87.1 Å². The standard InChI is InChI=1S/C11H12F2N4O2/c12-10(13)9(16-17-14)6-15-11(18)19-7-8-4-2-1-3-5-8/h1-5,9-10H,6-7H2,(H,15,18). The van der Waals surface area contributed by atoms with Crippen molar-refractivity contribution in [3.05, 3.63) is 46.3 Å². The molecule has 1 aromatic rings. The first kappa shape index (κ1) is 14.7. The zero-order chi connectivity index (χ0) is 14.1. The van der Waals surface area contributed by atoms with Gasteiger partial charge in [0, 0.05) is 11.5 Å². The van der Waals surface area contributed by atoms with E-state index in [9.17, 15) is 13.6 Å². The predicted octanol–water partition coefficient (Wildman–Crippen LogP) is 2.86. The lowest BCUT2D eigenvalue weighted by Gasteiger charge is -2.11. The lowest BCUT2D eigenvalue weighted by atomic mass is 10.2. The summed E-state index contributed by atoms with van der Waals surface area (Å²) in [5.41, 5.74) is 8.86. The smallest absolute Gasteiger partial charge is 0.407 e. The first-order chi connectivity index (χ1) is 9.13. The maximum Gasteiger partial charge on any atom is 0.407 e. The molecule has 0 aliphatic heterocycles. The number of hydrogen-bond donors (Lipinski definition) is 1. The molecule has 1 unspecified atom stereocenters. The van der Waals surface area contributed by atoms with Gasteiger partial charge in [-0.1, -0.05) is 35.4 Å². The largest absolute Gasteiger partial charge is 0.445 e. The number of nitrogens with one attached hydrogen (secondary N) is 1. The Bertz CT molecular complexity index is 449. The third kappa shape index (κ3) is 5.69. The number of carbonyl (C=O) groups is 1. The van der Waals surface area contributed by atoms with Crippen LogP contribution in [0.25, 0.3) is 10.4 Å². The van der Waals surface area contributed by atoms with Crippen LogP contribution in [0.1, 0.15) is 5.56 Å². The van der Waals surface area contributed by atoms with Crippen molar-refractivity contribution in [3.8, 4) is 0 Å². The number of alkyl carbamates (subject to hydrolysis) is 1. The van der Waals surface area contributed by atoms with Crippen LogP contribution in [0.3, 0.4) is 0 Å². The Morgan fingerprint density at radius 1 is 1.42 bits per heavy atom. The van der Waals surface area contributed by atoms with E-state index in [0.29, 0.717) is 0 Å². The molecular weight excluding hydrogens is 258 g/mol. The van der Waals surface area contributed by atoms with E-state index >= 15 is 0 Å². The summed E-state index contributed by atoms with van der Waals surface area (Å²) in [7, 11) is 0. The van der Waals surface area contributed by atoms with Gasteiger partial charge in [0.15, 0.2) is 0 Å². The fourth-order valence-electron chi connectivity index (χ4n) is 1.21. The van der Waals surface area contributed by atoms with Crippen molar-refractivity contribution < 1.29 is 18.3 Å². The van der Waals surface area contributed by atoms with Crippen LogP contribution in [0, 0.1) is 0 Å². The number of nitrogens with zero attached hydrogens (tertiary/aromatic N) is 3. The molecule has 0 heterocycles. The first-order valence-corrected chi connectivity index (χ1v) is 5.40. The molecule has 0 aliphatic rings. The van der Waals surface area contributed by atoms with Gasteiger partial charge >= 0.3 is 6.09 Å². The lowest BCUT2D eigenvalue weighted by Crippen LogP contribution is -2.35. The van der Waals surface area contributed by atoms with E-state index in [2.05, 4.69) is 15.3 Å². The molecule has 1 amide bonds. The predicted molar refractivity (Wildman–Crippen MR) is 63.6 cm³/mol. The number of carbonyl (C=O) groups excluding carboxylic acids is 1. The van der Waals surface area contributed by atoms with Crippen molar-refractivity contribution >= 4 is 6.09 Å². The second-order valence-electron chi connectivity index (χ2n) is 3.55. The van der Waals surface area contributed by atoms with Crippen molar-refractivity contribution in [2.45, 2.75) is 19.1 Å². The van der Waals surface area contributed by atoms with E-state index < -0.39 is 25.1 Å². The molecule has 6 nitrogen and oxygen atoms in total. The van der Waals surface area contributed by atoms with Crippen LogP contribution < -0.4 is 5.32 Å². The van der Waals surface area contributed by atoms with E-state index in [1.54, 1.807) is 24.3 Å². The van der Waals surface area contributed by atoms with Crippen molar-refractivity contribution in [3.63, 3.8) is 0 Å².